The SMILES string of the molecule is CCCCCCC(NC)c1cc(C(F)(F)F)ccc1Br. The van der Waals surface area contributed by atoms with E-state index in [1.165, 1.54) is 18.6 Å². The third-order valence-electron chi connectivity index (χ3n) is 3.39. The first-order valence-electron chi connectivity index (χ1n) is 6.94. The Kier molecular flexibility index (Phi) is 7.03. The van der Waals surface area contributed by atoms with Crippen molar-refractivity contribution in [1.82, 2.24) is 5.32 Å². The second-order valence-corrected chi connectivity index (χ2v) is 5.78. The van der Waals surface area contributed by atoms with Crippen LogP contribution in [-0.4, -0.2) is 7.05 Å². The molecule has 1 rings (SSSR count). The molecule has 0 amide bonds. The highest BCUT2D eigenvalue weighted by atomic mass is 79.9. The minimum atomic E-state index is -4.30. The van der Waals surface area contributed by atoms with Gasteiger partial charge < -0.3 is 5.32 Å². The number of rotatable bonds is 7. The lowest BCUT2D eigenvalue weighted by Gasteiger charge is -2.20. The van der Waals surface area contributed by atoms with E-state index >= 15 is 0 Å². The Balaban J connectivity index is 2.85. The van der Waals surface area contributed by atoms with E-state index in [4.69, 9.17) is 0 Å². The van der Waals surface area contributed by atoms with Gasteiger partial charge >= 0.3 is 6.18 Å². The summed E-state index contributed by atoms with van der Waals surface area (Å²) in [6, 6.07) is 3.78. The molecule has 1 aromatic carbocycles. The van der Waals surface area contributed by atoms with Crippen LogP contribution < -0.4 is 5.32 Å². The molecule has 0 radical (unpaired) electrons. The summed E-state index contributed by atoms with van der Waals surface area (Å²) >= 11 is 3.35. The molecule has 5 heteroatoms. The predicted molar refractivity (Wildman–Crippen MR) is 79.7 cm³/mol. The van der Waals surface area contributed by atoms with E-state index in [-0.39, 0.29) is 6.04 Å². The Morgan fingerprint density at radius 3 is 2.45 bits per heavy atom. The molecule has 0 aliphatic heterocycles. The third kappa shape index (κ3) is 5.09. The summed E-state index contributed by atoms with van der Waals surface area (Å²) in [4.78, 5) is 0. The van der Waals surface area contributed by atoms with Gasteiger partial charge in [0.2, 0.25) is 0 Å². The van der Waals surface area contributed by atoms with Gasteiger partial charge in [0, 0.05) is 10.5 Å². The van der Waals surface area contributed by atoms with Crippen molar-refractivity contribution < 1.29 is 13.2 Å². The molecule has 0 aliphatic rings. The zero-order valence-electron chi connectivity index (χ0n) is 11.9. The first-order valence-corrected chi connectivity index (χ1v) is 7.73. The molecular weight excluding hydrogens is 331 g/mol. The lowest BCUT2D eigenvalue weighted by molar-refractivity contribution is -0.137. The molecule has 0 heterocycles. The molecule has 0 aliphatic carbocycles. The molecule has 0 spiro atoms. The number of alkyl halides is 3. The van der Waals surface area contributed by atoms with Crippen LogP contribution in [0.4, 0.5) is 13.2 Å². The van der Waals surface area contributed by atoms with Crippen LogP contribution in [0.15, 0.2) is 22.7 Å². The quantitative estimate of drug-likeness (QED) is 0.621. The van der Waals surface area contributed by atoms with E-state index in [9.17, 15) is 13.2 Å². The maximum absolute atomic E-state index is 12.8. The van der Waals surface area contributed by atoms with E-state index in [0.717, 1.165) is 36.2 Å². The van der Waals surface area contributed by atoms with E-state index in [2.05, 4.69) is 28.2 Å². The fourth-order valence-electron chi connectivity index (χ4n) is 2.22. The van der Waals surface area contributed by atoms with Crippen LogP contribution in [0.1, 0.15) is 56.2 Å². The van der Waals surface area contributed by atoms with Gasteiger partial charge in [-0.15, -0.1) is 0 Å². The normalized spacial score (nSPS) is 13.5. The van der Waals surface area contributed by atoms with Crippen LogP contribution >= 0.6 is 15.9 Å². The van der Waals surface area contributed by atoms with Crippen molar-refractivity contribution in [3.63, 3.8) is 0 Å². The average molecular weight is 352 g/mol. The zero-order valence-corrected chi connectivity index (χ0v) is 13.4. The highest BCUT2D eigenvalue weighted by Gasteiger charge is 2.31. The first kappa shape index (κ1) is 17.5. The van der Waals surface area contributed by atoms with Gasteiger partial charge in [0.05, 0.1) is 5.56 Å². The molecule has 0 saturated carbocycles. The molecule has 114 valence electrons. The molecule has 0 bridgehead atoms. The molecule has 1 N–H and O–H groups in total. The predicted octanol–water partition coefficient (Wildman–Crippen LogP) is 5.70. The van der Waals surface area contributed by atoms with Crippen LogP contribution in [0.2, 0.25) is 0 Å². The maximum Gasteiger partial charge on any atom is 0.416 e. The monoisotopic (exact) mass is 351 g/mol. The van der Waals surface area contributed by atoms with Crippen LogP contribution in [-0.2, 0) is 6.18 Å². The number of nitrogens with one attached hydrogen (secondary N) is 1. The second-order valence-electron chi connectivity index (χ2n) is 4.92. The van der Waals surface area contributed by atoms with Gasteiger partial charge in [-0.2, -0.15) is 13.2 Å². The van der Waals surface area contributed by atoms with Crippen molar-refractivity contribution in [2.45, 2.75) is 51.2 Å². The van der Waals surface area contributed by atoms with Gasteiger partial charge in [0.15, 0.2) is 0 Å². The Morgan fingerprint density at radius 2 is 1.90 bits per heavy atom. The van der Waals surface area contributed by atoms with Crippen molar-refractivity contribution in [1.29, 1.82) is 0 Å². The van der Waals surface area contributed by atoms with Crippen molar-refractivity contribution in [3.05, 3.63) is 33.8 Å². The van der Waals surface area contributed by atoms with Crippen LogP contribution in [0.3, 0.4) is 0 Å². The molecular formula is C15H21BrF3N. The molecule has 0 saturated heterocycles. The summed E-state index contributed by atoms with van der Waals surface area (Å²) < 4.78 is 39.1. The van der Waals surface area contributed by atoms with Gasteiger partial charge in [-0.25, -0.2) is 0 Å². The summed E-state index contributed by atoms with van der Waals surface area (Å²) in [5.74, 6) is 0. The fourth-order valence-corrected chi connectivity index (χ4v) is 2.74. The summed E-state index contributed by atoms with van der Waals surface area (Å²) in [6.07, 6.45) is 0.997. The standard InChI is InChI=1S/C15H21BrF3N/c1-3-4-5-6-7-14(20-2)12-10-11(15(17,18)19)8-9-13(12)16/h8-10,14,20H,3-7H2,1-2H3. The van der Waals surface area contributed by atoms with Crippen molar-refractivity contribution in [2.75, 3.05) is 7.05 Å². The molecule has 0 aromatic heterocycles. The molecule has 1 aromatic rings. The van der Waals surface area contributed by atoms with Crippen molar-refractivity contribution in [2.24, 2.45) is 0 Å². The number of hydrogen-bond acceptors (Lipinski definition) is 1. The summed E-state index contributed by atoms with van der Waals surface area (Å²) in [5, 5.41) is 3.12. The van der Waals surface area contributed by atoms with Crippen molar-refractivity contribution >= 4 is 15.9 Å². The zero-order chi connectivity index (χ0) is 15.2. The Morgan fingerprint density at radius 1 is 1.20 bits per heavy atom. The Labute approximate surface area is 127 Å². The minimum Gasteiger partial charge on any atom is -0.313 e. The van der Waals surface area contributed by atoms with Crippen LogP contribution in [0, 0.1) is 0 Å². The number of hydrogen-bond donors (Lipinski definition) is 1. The second kappa shape index (κ2) is 8.03. The lowest BCUT2D eigenvalue weighted by atomic mass is 9.98. The van der Waals surface area contributed by atoms with E-state index < -0.39 is 11.7 Å². The van der Waals surface area contributed by atoms with Crippen molar-refractivity contribution in [3.8, 4) is 0 Å². The van der Waals surface area contributed by atoms with Crippen LogP contribution in [0.5, 0.6) is 0 Å². The highest BCUT2D eigenvalue weighted by molar-refractivity contribution is 9.10. The first-order chi connectivity index (χ1) is 9.40. The lowest BCUT2D eigenvalue weighted by Crippen LogP contribution is -2.18. The molecule has 0 fully saturated rings. The molecule has 1 nitrogen and oxygen atoms in total. The molecule has 20 heavy (non-hydrogen) atoms. The van der Waals surface area contributed by atoms with E-state index in [0.29, 0.717) is 5.56 Å². The minimum absolute atomic E-state index is 0.0523. The fraction of sp³-hybridized carbons (Fsp3) is 0.600. The van der Waals surface area contributed by atoms with Gasteiger partial charge in [-0.3, -0.25) is 0 Å². The Bertz CT molecular complexity index is 418. The van der Waals surface area contributed by atoms with E-state index in [1.54, 1.807) is 7.05 Å². The number of halogens is 4. The molecule has 1 unspecified atom stereocenters. The summed E-state index contributed by atoms with van der Waals surface area (Å²) in [7, 11) is 1.79. The maximum atomic E-state index is 12.8. The summed E-state index contributed by atoms with van der Waals surface area (Å²) in [6.45, 7) is 2.14. The highest BCUT2D eigenvalue weighted by Crippen LogP contribution is 2.35. The smallest absolute Gasteiger partial charge is 0.313 e. The van der Waals surface area contributed by atoms with Gasteiger partial charge in [-0.05, 0) is 37.2 Å². The number of unbranched alkanes of at least 4 members (excludes halogenated alkanes) is 3. The van der Waals surface area contributed by atoms with Gasteiger partial charge in [0.1, 0.15) is 0 Å². The average Bonchev–Trinajstić information content (AvgIpc) is 2.39. The van der Waals surface area contributed by atoms with E-state index in [1.807, 2.05) is 0 Å². The van der Waals surface area contributed by atoms with Crippen LogP contribution in [0.25, 0.3) is 0 Å². The molecule has 1 atom stereocenters. The number of benzene rings is 1. The third-order valence-corrected chi connectivity index (χ3v) is 4.12. The van der Waals surface area contributed by atoms with Gasteiger partial charge in [0.25, 0.3) is 0 Å². The summed E-state index contributed by atoms with van der Waals surface area (Å²) in [5.41, 5.74) is 0.0864. The topological polar surface area (TPSA) is 12.0 Å². The largest absolute Gasteiger partial charge is 0.416 e. The van der Waals surface area contributed by atoms with Gasteiger partial charge in [-0.1, -0.05) is 48.5 Å². The Hall–Kier alpha value is -0.550.